The van der Waals surface area contributed by atoms with Crippen LogP contribution in [0, 0.1) is 0 Å². The third-order valence-corrected chi connectivity index (χ3v) is 4.28. The predicted molar refractivity (Wildman–Crippen MR) is 71.1 cm³/mol. The number of aryl methyl sites for hydroxylation is 1. The number of thioether (sulfide) groups is 1. The summed E-state index contributed by atoms with van der Waals surface area (Å²) in [4.78, 5) is 13.1. The molecule has 1 aliphatic rings. The molecule has 1 heterocycles. The van der Waals surface area contributed by atoms with Crippen molar-refractivity contribution in [2.75, 3.05) is 12.8 Å². The van der Waals surface area contributed by atoms with Gasteiger partial charge in [-0.05, 0) is 42.7 Å². The summed E-state index contributed by atoms with van der Waals surface area (Å²) in [5.41, 5.74) is 7.79. The molecule has 1 aromatic rings. The molecule has 0 saturated carbocycles. The highest BCUT2D eigenvalue weighted by molar-refractivity contribution is 7.99. The lowest BCUT2D eigenvalue weighted by Crippen LogP contribution is -2.37. The number of amides is 1. The molecule has 1 unspecified atom stereocenters. The summed E-state index contributed by atoms with van der Waals surface area (Å²) in [6.45, 7) is 1.93. The van der Waals surface area contributed by atoms with E-state index in [4.69, 9.17) is 0 Å². The lowest BCUT2D eigenvalue weighted by Gasteiger charge is -2.18. The summed E-state index contributed by atoms with van der Waals surface area (Å²) in [6, 6.07) is 6.40. The van der Waals surface area contributed by atoms with Gasteiger partial charge in [-0.3, -0.25) is 10.2 Å². The molecule has 17 heavy (non-hydrogen) atoms. The van der Waals surface area contributed by atoms with Gasteiger partial charge in [-0.2, -0.15) is 0 Å². The second-order valence-electron chi connectivity index (χ2n) is 4.28. The lowest BCUT2D eigenvalue weighted by molar-refractivity contribution is -0.123. The Morgan fingerprint density at radius 3 is 3.06 bits per heavy atom. The van der Waals surface area contributed by atoms with Gasteiger partial charge in [0.05, 0.1) is 5.92 Å². The predicted octanol–water partition coefficient (Wildman–Crippen LogP) is 2.08. The van der Waals surface area contributed by atoms with Gasteiger partial charge in [-0.15, -0.1) is 11.8 Å². The number of nitrogens with one attached hydrogen (secondary N) is 2. The molecular formula is C13H18N2OS. The van der Waals surface area contributed by atoms with Gasteiger partial charge in [0.15, 0.2) is 0 Å². The van der Waals surface area contributed by atoms with E-state index in [1.165, 1.54) is 22.6 Å². The van der Waals surface area contributed by atoms with Crippen LogP contribution >= 0.6 is 11.8 Å². The summed E-state index contributed by atoms with van der Waals surface area (Å²) in [5.74, 6) is 1.11. The van der Waals surface area contributed by atoms with E-state index in [2.05, 4.69) is 29.1 Å². The number of rotatable bonds is 3. The Kier molecular flexibility index (Phi) is 4.07. The van der Waals surface area contributed by atoms with Gasteiger partial charge in [0.1, 0.15) is 0 Å². The van der Waals surface area contributed by atoms with Gasteiger partial charge >= 0.3 is 0 Å². The Bertz CT molecular complexity index is 420. The average molecular weight is 250 g/mol. The topological polar surface area (TPSA) is 41.1 Å². The first-order valence-electron chi connectivity index (χ1n) is 5.94. The van der Waals surface area contributed by atoms with Gasteiger partial charge < -0.3 is 0 Å². The Labute approximate surface area is 106 Å². The van der Waals surface area contributed by atoms with E-state index in [9.17, 15) is 4.79 Å². The van der Waals surface area contributed by atoms with Crippen molar-refractivity contribution in [1.29, 1.82) is 0 Å². The zero-order valence-corrected chi connectivity index (χ0v) is 11.1. The number of fused-ring (bicyclic) bond motifs is 1. The number of benzene rings is 1. The number of carbonyl (C=O) groups is 1. The van der Waals surface area contributed by atoms with E-state index in [0.717, 1.165) is 12.0 Å². The zero-order chi connectivity index (χ0) is 12.3. The molecule has 1 atom stereocenters. The van der Waals surface area contributed by atoms with E-state index < -0.39 is 0 Å². The molecule has 0 saturated heterocycles. The Morgan fingerprint density at radius 1 is 1.47 bits per heavy atom. The summed E-state index contributed by atoms with van der Waals surface area (Å²) < 4.78 is 0. The van der Waals surface area contributed by atoms with Crippen LogP contribution in [0.3, 0.4) is 0 Å². The SMILES string of the molecule is CNNC(=O)C(C)c1ccc2c(c1)CCCS2. The third kappa shape index (κ3) is 2.82. The van der Waals surface area contributed by atoms with E-state index >= 15 is 0 Å². The van der Waals surface area contributed by atoms with E-state index in [-0.39, 0.29) is 11.8 Å². The number of hydrogen-bond donors (Lipinski definition) is 2. The van der Waals surface area contributed by atoms with Gasteiger partial charge in [-0.25, -0.2) is 5.43 Å². The van der Waals surface area contributed by atoms with Crippen LogP contribution in [0.15, 0.2) is 23.1 Å². The van der Waals surface area contributed by atoms with E-state index in [1.807, 2.05) is 18.7 Å². The minimum atomic E-state index is -0.111. The van der Waals surface area contributed by atoms with Crippen LogP contribution in [0.4, 0.5) is 0 Å². The van der Waals surface area contributed by atoms with Crippen LogP contribution in [-0.2, 0) is 11.2 Å². The van der Waals surface area contributed by atoms with Crippen molar-refractivity contribution in [3.8, 4) is 0 Å². The van der Waals surface area contributed by atoms with Crippen molar-refractivity contribution < 1.29 is 4.79 Å². The van der Waals surface area contributed by atoms with Crippen LogP contribution in [0.25, 0.3) is 0 Å². The molecular weight excluding hydrogens is 232 g/mol. The van der Waals surface area contributed by atoms with Crippen molar-refractivity contribution in [2.45, 2.75) is 30.6 Å². The number of hydrogen-bond acceptors (Lipinski definition) is 3. The van der Waals surface area contributed by atoms with Crippen molar-refractivity contribution in [3.63, 3.8) is 0 Å². The summed E-state index contributed by atoms with van der Waals surface area (Å²) in [6.07, 6.45) is 2.37. The molecule has 3 nitrogen and oxygen atoms in total. The zero-order valence-electron chi connectivity index (χ0n) is 10.2. The largest absolute Gasteiger partial charge is 0.291 e. The van der Waals surface area contributed by atoms with Crippen LogP contribution in [0.2, 0.25) is 0 Å². The molecule has 4 heteroatoms. The average Bonchev–Trinajstić information content (AvgIpc) is 2.37. The lowest BCUT2D eigenvalue weighted by atomic mass is 9.97. The summed E-state index contributed by atoms with van der Waals surface area (Å²) in [7, 11) is 1.70. The van der Waals surface area contributed by atoms with Gasteiger partial charge in [0, 0.05) is 11.9 Å². The first-order valence-corrected chi connectivity index (χ1v) is 6.93. The number of hydrazine groups is 1. The fraction of sp³-hybridized carbons (Fsp3) is 0.462. The molecule has 0 spiro atoms. The monoisotopic (exact) mass is 250 g/mol. The molecule has 0 aromatic heterocycles. The second kappa shape index (κ2) is 5.56. The highest BCUT2D eigenvalue weighted by atomic mass is 32.2. The van der Waals surface area contributed by atoms with Crippen LogP contribution in [0.1, 0.15) is 30.4 Å². The first kappa shape index (κ1) is 12.5. The molecule has 0 fully saturated rings. The minimum absolute atomic E-state index is 0.0101. The summed E-state index contributed by atoms with van der Waals surface area (Å²) in [5, 5.41) is 0. The highest BCUT2D eigenvalue weighted by Crippen LogP contribution is 2.32. The third-order valence-electron chi connectivity index (χ3n) is 3.07. The molecule has 1 aromatic carbocycles. The van der Waals surface area contributed by atoms with Crippen molar-refractivity contribution in [2.24, 2.45) is 0 Å². The van der Waals surface area contributed by atoms with Gasteiger partial charge in [0.2, 0.25) is 5.91 Å². The maximum absolute atomic E-state index is 11.7. The molecule has 0 bridgehead atoms. The molecule has 0 radical (unpaired) electrons. The van der Waals surface area contributed by atoms with E-state index in [0.29, 0.717) is 0 Å². The molecule has 2 rings (SSSR count). The second-order valence-corrected chi connectivity index (χ2v) is 5.42. The number of carbonyl (C=O) groups excluding carboxylic acids is 1. The van der Waals surface area contributed by atoms with Crippen molar-refractivity contribution in [1.82, 2.24) is 10.9 Å². The Balaban J connectivity index is 2.18. The fourth-order valence-corrected chi connectivity index (χ4v) is 3.05. The van der Waals surface area contributed by atoms with Crippen molar-refractivity contribution >= 4 is 17.7 Å². The quantitative estimate of drug-likeness (QED) is 0.807. The Morgan fingerprint density at radius 2 is 2.29 bits per heavy atom. The van der Waals surface area contributed by atoms with Gasteiger partial charge in [0.25, 0.3) is 0 Å². The molecule has 92 valence electrons. The maximum atomic E-state index is 11.7. The molecule has 1 aliphatic heterocycles. The van der Waals surface area contributed by atoms with E-state index in [1.54, 1.807) is 7.05 Å². The molecule has 1 amide bonds. The Hall–Kier alpha value is -1.00. The summed E-state index contributed by atoms with van der Waals surface area (Å²) >= 11 is 1.91. The highest BCUT2D eigenvalue weighted by Gasteiger charge is 2.17. The smallest absolute Gasteiger partial charge is 0.241 e. The first-order chi connectivity index (χ1) is 8.22. The molecule has 2 N–H and O–H groups in total. The standard InChI is InChI=1S/C13H18N2OS/c1-9(13(16)15-14-2)10-5-6-12-11(8-10)4-3-7-17-12/h5-6,8-9,14H,3-4,7H2,1-2H3,(H,15,16). The van der Waals surface area contributed by atoms with Crippen LogP contribution in [-0.4, -0.2) is 18.7 Å². The molecule has 0 aliphatic carbocycles. The van der Waals surface area contributed by atoms with Crippen LogP contribution in [0.5, 0.6) is 0 Å². The maximum Gasteiger partial charge on any atom is 0.241 e. The minimum Gasteiger partial charge on any atom is -0.291 e. The normalized spacial score (nSPS) is 16.1. The van der Waals surface area contributed by atoms with Gasteiger partial charge in [-0.1, -0.05) is 12.1 Å². The van der Waals surface area contributed by atoms with Crippen molar-refractivity contribution in [3.05, 3.63) is 29.3 Å². The fourth-order valence-electron chi connectivity index (χ4n) is 2.03. The van der Waals surface area contributed by atoms with Crippen LogP contribution < -0.4 is 10.9 Å².